The SMILES string of the molecule is COC1(CNS(=O)(=O)c2ccc(N)c(F)c2)CCOC1. The highest BCUT2D eigenvalue weighted by atomic mass is 32.2. The van der Waals surface area contributed by atoms with Crippen LogP contribution in [0, 0.1) is 5.82 Å². The van der Waals surface area contributed by atoms with Gasteiger partial charge in [-0.15, -0.1) is 0 Å². The van der Waals surface area contributed by atoms with E-state index >= 15 is 0 Å². The molecule has 0 amide bonds. The monoisotopic (exact) mass is 304 g/mol. The summed E-state index contributed by atoms with van der Waals surface area (Å²) < 4.78 is 50.5. The van der Waals surface area contributed by atoms with Gasteiger partial charge in [0, 0.05) is 26.7 Å². The molecule has 0 bridgehead atoms. The third kappa shape index (κ3) is 3.09. The van der Waals surface area contributed by atoms with Crippen molar-refractivity contribution in [2.75, 3.05) is 32.6 Å². The molecule has 1 aromatic carbocycles. The van der Waals surface area contributed by atoms with E-state index in [2.05, 4.69) is 4.72 Å². The van der Waals surface area contributed by atoms with E-state index in [0.29, 0.717) is 19.6 Å². The highest BCUT2D eigenvalue weighted by Gasteiger charge is 2.36. The Morgan fingerprint density at radius 2 is 2.30 bits per heavy atom. The van der Waals surface area contributed by atoms with Crippen molar-refractivity contribution in [2.24, 2.45) is 0 Å². The molecule has 3 N–H and O–H groups in total. The number of anilines is 1. The van der Waals surface area contributed by atoms with Gasteiger partial charge in [-0.2, -0.15) is 0 Å². The van der Waals surface area contributed by atoms with Crippen molar-refractivity contribution >= 4 is 15.7 Å². The van der Waals surface area contributed by atoms with Gasteiger partial charge in [-0.1, -0.05) is 0 Å². The van der Waals surface area contributed by atoms with Crippen LogP contribution < -0.4 is 10.5 Å². The van der Waals surface area contributed by atoms with Gasteiger partial charge in [0.25, 0.3) is 0 Å². The minimum atomic E-state index is -3.82. The Hall–Kier alpha value is -1.22. The van der Waals surface area contributed by atoms with E-state index in [1.807, 2.05) is 0 Å². The quantitative estimate of drug-likeness (QED) is 0.773. The van der Waals surface area contributed by atoms with Crippen LogP contribution in [-0.4, -0.2) is 40.9 Å². The average Bonchev–Trinajstić information content (AvgIpc) is 2.89. The normalized spacial score (nSPS) is 23.1. The molecular weight excluding hydrogens is 287 g/mol. The van der Waals surface area contributed by atoms with Gasteiger partial charge in [-0.3, -0.25) is 0 Å². The smallest absolute Gasteiger partial charge is 0.240 e. The molecule has 1 fully saturated rings. The summed E-state index contributed by atoms with van der Waals surface area (Å²) in [5.74, 6) is -0.765. The van der Waals surface area contributed by atoms with Gasteiger partial charge in [-0.25, -0.2) is 17.5 Å². The molecule has 112 valence electrons. The fraction of sp³-hybridized carbons (Fsp3) is 0.500. The van der Waals surface area contributed by atoms with Crippen LogP contribution in [-0.2, 0) is 19.5 Å². The molecule has 0 radical (unpaired) electrons. The first kappa shape index (κ1) is 15.2. The molecule has 8 heteroatoms. The zero-order chi connectivity index (χ0) is 14.8. The van der Waals surface area contributed by atoms with E-state index in [1.54, 1.807) is 0 Å². The van der Waals surface area contributed by atoms with Crippen molar-refractivity contribution in [3.8, 4) is 0 Å². The van der Waals surface area contributed by atoms with Crippen LogP contribution in [0.1, 0.15) is 6.42 Å². The highest BCUT2D eigenvalue weighted by Crippen LogP contribution is 2.23. The molecule has 0 spiro atoms. The fourth-order valence-corrected chi connectivity index (χ4v) is 3.07. The first-order chi connectivity index (χ1) is 9.38. The van der Waals surface area contributed by atoms with Crippen molar-refractivity contribution in [3.05, 3.63) is 24.0 Å². The molecule has 1 heterocycles. The van der Waals surface area contributed by atoms with Gasteiger partial charge in [0.15, 0.2) is 0 Å². The molecule has 1 atom stereocenters. The first-order valence-corrected chi connectivity index (χ1v) is 7.54. The summed E-state index contributed by atoms with van der Waals surface area (Å²) in [6, 6.07) is 3.36. The maximum absolute atomic E-state index is 13.3. The molecule has 20 heavy (non-hydrogen) atoms. The average molecular weight is 304 g/mol. The summed E-state index contributed by atoms with van der Waals surface area (Å²) in [4.78, 5) is -0.172. The number of rotatable bonds is 5. The molecule has 0 aromatic heterocycles. The fourth-order valence-electron chi connectivity index (χ4n) is 1.95. The predicted octanol–water partition coefficient (Wildman–Crippen LogP) is 0.492. The summed E-state index contributed by atoms with van der Waals surface area (Å²) in [5.41, 5.74) is 4.56. The maximum Gasteiger partial charge on any atom is 0.240 e. The zero-order valence-corrected chi connectivity index (χ0v) is 11.9. The number of sulfonamides is 1. The summed E-state index contributed by atoms with van der Waals surface area (Å²) in [6.45, 7) is 0.909. The second kappa shape index (κ2) is 5.65. The standard InChI is InChI=1S/C12H17FN2O4S/c1-18-12(4-5-19-8-12)7-15-20(16,17)9-2-3-11(14)10(13)6-9/h2-3,6,15H,4-5,7-8,14H2,1H3. The van der Waals surface area contributed by atoms with Gasteiger partial charge in [0.05, 0.1) is 17.2 Å². The van der Waals surface area contributed by atoms with Crippen molar-refractivity contribution in [2.45, 2.75) is 16.9 Å². The lowest BCUT2D eigenvalue weighted by Crippen LogP contribution is -2.44. The summed E-state index contributed by atoms with van der Waals surface area (Å²) in [6.07, 6.45) is 0.599. The third-order valence-electron chi connectivity index (χ3n) is 3.37. The lowest BCUT2D eigenvalue weighted by molar-refractivity contribution is -0.0120. The highest BCUT2D eigenvalue weighted by molar-refractivity contribution is 7.89. The van der Waals surface area contributed by atoms with Gasteiger partial charge in [0.1, 0.15) is 11.4 Å². The van der Waals surface area contributed by atoms with Crippen LogP contribution >= 0.6 is 0 Å². The number of hydrogen-bond donors (Lipinski definition) is 2. The Balaban J connectivity index is 2.13. The number of benzene rings is 1. The van der Waals surface area contributed by atoms with Crippen LogP contribution in [0.5, 0.6) is 0 Å². The minimum absolute atomic E-state index is 0.0673. The Kier molecular flexibility index (Phi) is 4.28. The van der Waals surface area contributed by atoms with Crippen molar-refractivity contribution < 1.29 is 22.3 Å². The van der Waals surface area contributed by atoms with Crippen LogP contribution in [0.2, 0.25) is 0 Å². The number of nitrogens with two attached hydrogens (primary N) is 1. The lowest BCUT2D eigenvalue weighted by Gasteiger charge is -2.25. The number of nitrogens with one attached hydrogen (secondary N) is 1. The molecule has 1 saturated heterocycles. The predicted molar refractivity (Wildman–Crippen MR) is 71.2 cm³/mol. The molecule has 0 aliphatic carbocycles. The Bertz CT molecular complexity index is 585. The van der Waals surface area contributed by atoms with E-state index in [4.69, 9.17) is 15.2 Å². The summed E-state index contributed by atoms with van der Waals surface area (Å²) in [7, 11) is -2.31. The van der Waals surface area contributed by atoms with E-state index in [9.17, 15) is 12.8 Å². The van der Waals surface area contributed by atoms with E-state index in [-0.39, 0.29) is 17.1 Å². The third-order valence-corrected chi connectivity index (χ3v) is 4.77. The molecule has 2 rings (SSSR count). The first-order valence-electron chi connectivity index (χ1n) is 6.06. The van der Waals surface area contributed by atoms with E-state index in [0.717, 1.165) is 6.07 Å². The Labute approximate surface area is 117 Å². The number of hydrogen-bond acceptors (Lipinski definition) is 5. The Morgan fingerprint density at radius 3 is 2.85 bits per heavy atom. The number of halogens is 1. The van der Waals surface area contributed by atoms with E-state index < -0.39 is 21.4 Å². The van der Waals surface area contributed by atoms with Crippen LogP contribution in [0.15, 0.2) is 23.1 Å². The van der Waals surface area contributed by atoms with Crippen LogP contribution in [0.4, 0.5) is 10.1 Å². The molecule has 1 aliphatic rings. The van der Waals surface area contributed by atoms with Gasteiger partial charge < -0.3 is 15.2 Å². The van der Waals surface area contributed by atoms with Crippen molar-refractivity contribution in [1.82, 2.24) is 4.72 Å². The van der Waals surface area contributed by atoms with Crippen molar-refractivity contribution in [1.29, 1.82) is 0 Å². The topological polar surface area (TPSA) is 90.7 Å². The van der Waals surface area contributed by atoms with Gasteiger partial charge in [0.2, 0.25) is 10.0 Å². The maximum atomic E-state index is 13.3. The zero-order valence-electron chi connectivity index (χ0n) is 11.1. The van der Waals surface area contributed by atoms with E-state index in [1.165, 1.54) is 19.2 Å². The molecule has 1 aliphatic heterocycles. The molecular formula is C12H17FN2O4S. The molecule has 6 nitrogen and oxygen atoms in total. The molecule has 1 unspecified atom stereocenters. The number of ether oxygens (including phenoxy) is 2. The molecule has 0 saturated carbocycles. The second-order valence-corrected chi connectivity index (χ2v) is 6.46. The number of nitrogen functional groups attached to an aromatic ring is 1. The number of methoxy groups -OCH3 is 1. The summed E-state index contributed by atoms with van der Waals surface area (Å²) in [5, 5.41) is 0. The van der Waals surface area contributed by atoms with Gasteiger partial charge in [-0.05, 0) is 18.2 Å². The largest absolute Gasteiger partial charge is 0.396 e. The summed E-state index contributed by atoms with van der Waals surface area (Å²) >= 11 is 0. The Morgan fingerprint density at radius 1 is 1.55 bits per heavy atom. The van der Waals surface area contributed by atoms with Crippen molar-refractivity contribution in [3.63, 3.8) is 0 Å². The minimum Gasteiger partial charge on any atom is -0.396 e. The lowest BCUT2D eigenvalue weighted by atomic mass is 10.0. The molecule has 1 aromatic rings. The second-order valence-electron chi connectivity index (χ2n) is 4.70. The van der Waals surface area contributed by atoms with Crippen LogP contribution in [0.25, 0.3) is 0 Å². The van der Waals surface area contributed by atoms with Gasteiger partial charge >= 0.3 is 0 Å². The van der Waals surface area contributed by atoms with Crippen LogP contribution in [0.3, 0.4) is 0 Å².